The molecule has 31 heavy (non-hydrogen) atoms. The van der Waals surface area contributed by atoms with Gasteiger partial charge in [0.15, 0.2) is 5.82 Å². The van der Waals surface area contributed by atoms with Gasteiger partial charge in [0.1, 0.15) is 10.8 Å². The molecule has 2 amide bonds. The minimum absolute atomic E-state index is 0.0725. The maximum atomic E-state index is 12.7. The van der Waals surface area contributed by atoms with Crippen LogP contribution in [-0.2, 0) is 16.0 Å². The summed E-state index contributed by atoms with van der Waals surface area (Å²) in [5, 5.41) is 9.38. The summed E-state index contributed by atoms with van der Waals surface area (Å²) in [5.41, 5.74) is 3.07. The summed E-state index contributed by atoms with van der Waals surface area (Å²) in [5.74, 6) is 1.00. The molecule has 1 saturated heterocycles. The molecule has 0 bridgehead atoms. The molecular formula is C22H25N5O3S. The van der Waals surface area contributed by atoms with Crippen LogP contribution in [0.1, 0.15) is 17.0 Å². The predicted molar refractivity (Wildman–Crippen MR) is 119 cm³/mol. The lowest BCUT2D eigenvalue weighted by Gasteiger charge is -2.34. The summed E-state index contributed by atoms with van der Waals surface area (Å²) in [6.07, 6.45) is 0.300. The van der Waals surface area contributed by atoms with Gasteiger partial charge in [-0.1, -0.05) is 28.9 Å². The maximum absolute atomic E-state index is 12.7. The molecule has 8 nitrogen and oxygen atoms in total. The van der Waals surface area contributed by atoms with Crippen molar-refractivity contribution in [2.75, 3.05) is 38.0 Å². The van der Waals surface area contributed by atoms with Crippen LogP contribution in [0.15, 0.2) is 40.2 Å². The van der Waals surface area contributed by atoms with Crippen LogP contribution < -0.4 is 5.32 Å². The SMILES string of the molecule is Cc1cccc(-c2nc(CC(=O)N3CCN(CC(=O)Nc4cc(C)on4)CC3)cs2)c1. The minimum Gasteiger partial charge on any atom is -0.360 e. The molecule has 1 aliphatic heterocycles. The van der Waals surface area contributed by atoms with Gasteiger partial charge in [-0.2, -0.15) is 0 Å². The smallest absolute Gasteiger partial charge is 0.239 e. The molecule has 1 aliphatic rings. The first-order valence-corrected chi connectivity index (χ1v) is 11.1. The number of aromatic nitrogens is 2. The van der Waals surface area contributed by atoms with Crippen molar-refractivity contribution in [3.8, 4) is 10.6 Å². The van der Waals surface area contributed by atoms with Gasteiger partial charge >= 0.3 is 0 Å². The molecule has 0 saturated carbocycles. The highest BCUT2D eigenvalue weighted by molar-refractivity contribution is 7.13. The maximum Gasteiger partial charge on any atom is 0.239 e. The van der Waals surface area contributed by atoms with Crippen molar-refractivity contribution >= 4 is 29.0 Å². The first-order chi connectivity index (χ1) is 15.0. The van der Waals surface area contributed by atoms with Crippen LogP contribution >= 0.6 is 11.3 Å². The second kappa shape index (κ2) is 9.40. The van der Waals surface area contributed by atoms with Gasteiger partial charge in [-0.3, -0.25) is 14.5 Å². The molecule has 1 aromatic carbocycles. The van der Waals surface area contributed by atoms with E-state index in [1.165, 1.54) is 5.56 Å². The first kappa shape index (κ1) is 21.2. The fourth-order valence-electron chi connectivity index (χ4n) is 3.53. The third-order valence-electron chi connectivity index (χ3n) is 5.14. The largest absolute Gasteiger partial charge is 0.360 e. The summed E-state index contributed by atoms with van der Waals surface area (Å²) in [7, 11) is 0. The Kier molecular flexibility index (Phi) is 6.43. The molecule has 3 aromatic rings. The van der Waals surface area contributed by atoms with E-state index < -0.39 is 0 Å². The van der Waals surface area contributed by atoms with Crippen LogP contribution in [0.25, 0.3) is 10.6 Å². The van der Waals surface area contributed by atoms with Gasteiger partial charge in [-0.05, 0) is 19.9 Å². The van der Waals surface area contributed by atoms with E-state index in [-0.39, 0.29) is 18.4 Å². The Morgan fingerprint density at radius 1 is 1.16 bits per heavy atom. The number of hydrogen-bond donors (Lipinski definition) is 1. The molecule has 0 spiro atoms. The molecule has 2 aromatic heterocycles. The molecule has 3 heterocycles. The summed E-state index contributed by atoms with van der Waals surface area (Å²) >= 11 is 1.56. The number of carbonyl (C=O) groups excluding carboxylic acids is 2. The number of nitrogens with one attached hydrogen (secondary N) is 1. The highest BCUT2D eigenvalue weighted by Gasteiger charge is 2.23. The molecule has 1 N–H and O–H groups in total. The van der Waals surface area contributed by atoms with Crippen molar-refractivity contribution in [2.24, 2.45) is 0 Å². The Balaban J connectivity index is 1.24. The number of benzene rings is 1. The Labute approximate surface area is 184 Å². The molecule has 1 fully saturated rings. The summed E-state index contributed by atoms with van der Waals surface area (Å²) in [6.45, 7) is 6.60. The van der Waals surface area contributed by atoms with Gasteiger partial charge in [0, 0.05) is 43.2 Å². The Morgan fingerprint density at radius 2 is 1.97 bits per heavy atom. The fourth-order valence-corrected chi connectivity index (χ4v) is 4.35. The van der Waals surface area contributed by atoms with E-state index in [9.17, 15) is 9.59 Å². The predicted octanol–water partition coefficient (Wildman–Crippen LogP) is 2.74. The Hall–Kier alpha value is -3.04. The molecule has 4 rings (SSSR count). The first-order valence-electron chi connectivity index (χ1n) is 10.2. The van der Waals surface area contributed by atoms with Gasteiger partial charge in [0.25, 0.3) is 0 Å². The average molecular weight is 440 g/mol. The summed E-state index contributed by atoms with van der Waals surface area (Å²) < 4.78 is 4.95. The van der Waals surface area contributed by atoms with Crippen LogP contribution in [0.3, 0.4) is 0 Å². The van der Waals surface area contributed by atoms with E-state index in [4.69, 9.17) is 4.52 Å². The van der Waals surface area contributed by atoms with Crippen LogP contribution in [0, 0.1) is 13.8 Å². The minimum atomic E-state index is -0.140. The number of hydrogen-bond acceptors (Lipinski definition) is 7. The number of piperazine rings is 1. The van der Waals surface area contributed by atoms with Crippen LogP contribution in [0.5, 0.6) is 0 Å². The average Bonchev–Trinajstić information content (AvgIpc) is 3.37. The van der Waals surface area contributed by atoms with E-state index in [2.05, 4.69) is 34.5 Å². The third kappa shape index (κ3) is 5.56. The van der Waals surface area contributed by atoms with E-state index in [0.29, 0.717) is 44.2 Å². The molecular weight excluding hydrogens is 414 g/mol. The zero-order valence-corrected chi connectivity index (χ0v) is 18.4. The lowest BCUT2D eigenvalue weighted by atomic mass is 10.1. The molecule has 0 atom stereocenters. The van der Waals surface area contributed by atoms with E-state index >= 15 is 0 Å². The van der Waals surface area contributed by atoms with Crippen molar-refractivity contribution < 1.29 is 14.1 Å². The number of thiazole rings is 1. The van der Waals surface area contributed by atoms with Crippen molar-refractivity contribution in [3.63, 3.8) is 0 Å². The van der Waals surface area contributed by atoms with Crippen LogP contribution in [0.4, 0.5) is 5.82 Å². The lowest BCUT2D eigenvalue weighted by Crippen LogP contribution is -2.50. The molecule has 0 unspecified atom stereocenters. The molecule has 0 aliphatic carbocycles. The quantitative estimate of drug-likeness (QED) is 0.635. The number of amides is 2. The Morgan fingerprint density at radius 3 is 2.68 bits per heavy atom. The van der Waals surface area contributed by atoms with Gasteiger partial charge in [-0.25, -0.2) is 4.98 Å². The number of nitrogens with zero attached hydrogens (tertiary/aromatic N) is 4. The molecule has 162 valence electrons. The van der Waals surface area contributed by atoms with Gasteiger partial charge in [-0.15, -0.1) is 11.3 Å². The fraction of sp³-hybridized carbons (Fsp3) is 0.364. The molecule has 0 radical (unpaired) electrons. The van der Waals surface area contributed by atoms with Crippen LogP contribution in [-0.4, -0.2) is 64.5 Å². The highest BCUT2D eigenvalue weighted by atomic mass is 32.1. The van der Waals surface area contributed by atoms with Gasteiger partial charge < -0.3 is 14.7 Å². The van der Waals surface area contributed by atoms with Crippen molar-refractivity contribution in [1.82, 2.24) is 19.9 Å². The van der Waals surface area contributed by atoms with Crippen LogP contribution in [0.2, 0.25) is 0 Å². The third-order valence-corrected chi connectivity index (χ3v) is 6.08. The monoisotopic (exact) mass is 439 g/mol. The second-order valence-corrected chi connectivity index (χ2v) is 8.58. The van der Waals surface area contributed by atoms with E-state index in [0.717, 1.165) is 16.3 Å². The standard InChI is InChI=1S/C22H25N5O3S/c1-15-4-3-5-17(10-15)22-23-18(14-31-22)12-21(29)27-8-6-26(7-9-27)13-20(28)24-19-11-16(2)30-25-19/h3-5,10-11,14H,6-9,12-13H2,1-2H3,(H,24,25,28). The van der Waals surface area contributed by atoms with Crippen molar-refractivity contribution in [1.29, 1.82) is 0 Å². The summed E-state index contributed by atoms with van der Waals surface area (Å²) in [6, 6.07) is 9.89. The lowest BCUT2D eigenvalue weighted by molar-refractivity contribution is -0.132. The normalized spacial score (nSPS) is 14.6. The zero-order chi connectivity index (χ0) is 21.8. The molecule has 9 heteroatoms. The Bertz CT molecular complexity index is 1070. The van der Waals surface area contributed by atoms with E-state index in [1.807, 2.05) is 27.3 Å². The number of aryl methyl sites for hydroxylation is 2. The number of rotatable bonds is 6. The van der Waals surface area contributed by atoms with E-state index in [1.54, 1.807) is 24.3 Å². The van der Waals surface area contributed by atoms with Gasteiger partial charge in [0.05, 0.1) is 18.7 Å². The number of carbonyl (C=O) groups is 2. The van der Waals surface area contributed by atoms with Crippen molar-refractivity contribution in [3.05, 3.63) is 52.7 Å². The van der Waals surface area contributed by atoms with Gasteiger partial charge in [0.2, 0.25) is 11.8 Å². The number of anilines is 1. The second-order valence-electron chi connectivity index (χ2n) is 7.72. The topological polar surface area (TPSA) is 91.6 Å². The zero-order valence-electron chi connectivity index (χ0n) is 17.6. The highest BCUT2D eigenvalue weighted by Crippen LogP contribution is 2.25. The summed E-state index contributed by atoms with van der Waals surface area (Å²) in [4.78, 5) is 33.4. The van der Waals surface area contributed by atoms with Crippen molar-refractivity contribution in [2.45, 2.75) is 20.3 Å².